The third-order valence-corrected chi connectivity index (χ3v) is 17.8. The van der Waals surface area contributed by atoms with Gasteiger partial charge in [0.15, 0.2) is 5.69 Å². The van der Waals surface area contributed by atoms with Crippen molar-refractivity contribution in [2.75, 3.05) is 34.3 Å². The smallest absolute Gasteiger partial charge is 0.187 e. The van der Waals surface area contributed by atoms with Gasteiger partial charge in [-0.3, -0.25) is 0 Å². The Morgan fingerprint density at radius 1 is 0.168 bits per heavy atom. The molecule has 0 aromatic heterocycles. The van der Waals surface area contributed by atoms with Gasteiger partial charge in [0, 0.05) is 119 Å². The fourth-order valence-corrected chi connectivity index (χ4v) is 13.0. The average molecular weight is 1300 g/mol. The summed E-state index contributed by atoms with van der Waals surface area (Å²) in [7, 11) is 0. The topological polar surface area (TPSA) is 50.8 Å². The first-order chi connectivity index (χ1) is 50.0. The Bertz CT molecular complexity index is 4920. The van der Waals surface area contributed by atoms with Gasteiger partial charge in [-0.15, -0.1) is 0 Å². The van der Waals surface area contributed by atoms with Gasteiger partial charge in [0.1, 0.15) is 0 Å². The minimum Gasteiger partial charge on any atom is -0.311 e. The number of hydrogen-bond acceptors (Lipinski definition) is 8. The van der Waals surface area contributed by atoms with Gasteiger partial charge in [0.2, 0.25) is 0 Å². The summed E-state index contributed by atoms with van der Waals surface area (Å²) >= 11 is 0. The molecule has 0 aliphatic rings. The lowest BCUT2D eigenvalue weighted by atomic mass is 10.1. The summed E-state index contributed by atoms with van der Waals surface area (Å²) in [6.45, 7) is 7.55. The summed E-state index contributed by atoms with van der Waals surface area (Å²) in [4.78, 5) is 19.6. The largest absolute Gasteiger partial charge is 0.311 e. The molecule has 0 bridgehead atoms. The van der Waals surface area contributed by atoms with Crippen molar-refractivity contribution in [3.8, 4) is 6.07 Å². The van der Waals surface area contributed by atoms with Gasteiger partial charge in [0.05, 0.1) is 18.2 Å². The highest BCUT2D eigenvalue weighted by molar-refractivity contribution is 5.88. The molecule has 0 saturated carbocycles. The van der Waals surface area contributed by atoms with E-state index in [1.54, 1.807) is 0 Å². The molecule has 101 heavy (non-hydrogen) atoms. The second-order valence-electron chi connectivity index (χ2n) is 24.1. The molecule has 0 spiro atoms. The van der Waals surface area contributed by atoms with Crippen LogP contribution < -0.4 is 34.3 Å². The van der Waals surface area contributed by atoms with Crippen molar-refractivity contribution in [2.24, 2.45) is 0 Å². The molecule has 0 aliphatic carbocycles. The monoisotopic (exact) mass is 1300 g/mol. The molecule has 0 N–H and O–H groups in total. The van der Waals surface area contributed by atoms with Gasteiger partial charge in [-0.2, -0.15) is 5.26 Å². The molecular weight excluding hydrogens is 1230 g/mol. The molecule has 0 saturated heterocycles. The van der Waals surface area contributed by atoms with E-state index in [0.29, 0.717) is 11.3 Å². The molecule has 15 rings (SSSR count). The summed E-state index contributed by atoms with van der Waals surface area (Å²) in [5.41, 5.74) is 22.5. The Labute approximate surface area is 590 Å². The van der Waals surface area contributed by atoms with Gasteiger partial charge >= 0.3 is 0 Å². The Balaban J connectivity index is 0.717. The number of nitriles is 1. The van der Waals surface area contributed by atoms with Gasteiger partial charge in [0.25, 0.3) is 0 Å². The van der Waals surface area contributed by atoms with Crippen LogP contribution in [0.3, 0.4) is 0 Å². The van der Waals surface area contributed by atoms with Crippen LogP contribution in [-0.2, 0) is 0 Å². The van der Waals surface area contributed by atoms with Gasteiger partial charge < -0.3 is 34.3 Å². The lowest BCUT2D eigenvalue weighted by Gasteiger charge is -2.30. The minimum atomic E-state index is 0.604. The minimum absolute atomic E-state index is 0.604. The Morgan fingerprint density at radius 3 is 0.416 bits per heavy atom. The van der Waals surface area contributed by atoms with Gasteiger partial charge in [-0.25, -0.2) is 4.85 Å². The normalized spacial score (nSPS) is 10.8. The molecule has 0 aliphatic heterocycles. The van der Waals surface area contributed by atoms with Crippen LogP contribution >= 0.6 is 0 Å². The second kappa shape index (κ2) is 29.5. The third-order valence-electron chi connectivity index (χ3n) is 17.8. The van der Waals surface area contributed by atoms with Crippen LogP contribution in [0.4, 0.5) is 125 Å². The zero-order valence-electron chi connectivity index (χ0n) is 55.2. The zero-order chi connectivity index (χ0) is 68.1. The zero-order valence-corrected chi connectivity index (χ0v) is 55.2. The SMILES string of the molecule is [C-]#[N+]c1ccc(N(c2ccccc2)c2ccc(N(c3ccccc3)c3ccc(N(c4ccccc4)c4ccc(N(c5ccccc5)c5ccc(N(c6ccccc6)c6ccc(N(c7ccccc7)c7ccc(N(c8ccccc8)c8ccc(C#N)cc8)cc7)cc6)cc5)cc4)cc3)cc2)cc1. The van der Waals surface area contributed by atoms with Crippen LogP contribution in [0.1, 0.15) is 5.56 Å². The number of rotatable bonds is 21. The van der Waals surface area contributed by atoms with Crippen LogP contribution in [0.2, 0.25) is 0 Å². The highest BCUT2D eigenvalue weighted by atomic mass is 15.2. The van der Waals surface area contributed by atoms with Crippen molar-refractivity contribution in [1.29, 1.82) is 5.26 Å². The van der Waals surface area contributed by atoms with E-state index in [2.05, 4.69) is 361 Å². The summed E-state index contributed by atoms with van der Waals surface area (Å²) in [5, 5.41) is 9.58. The van der Waals surface area contributed by atoms with E-state index >= 15 is 0 Å². The standard InChI is InChI=1S/C92H67N9/c1-94-71-39-43-80(44-40-71)96(73-25-11-3-12-26-73)82-47-51-84(52-48-82)98(75-29-15-5-16-30-75)86-55-59-88(60-56-86)100(77-33-19-7-20-34-77)90-63-67-92(68-64-90)101(78-35-21-8-22-36-78)91-65-61-89(62-66-91)99(76-31-17-6-18-32-76)87-57-53-85(54-58-87)97(74-27-13-4-14-28-74)83-49-45-81(46-50-83)95(72-23-9-2-10-24-72)79-41-37-70(69-93)38-42-79/h2-68H. The predicted octanol–water partition coefficient (Wildman–Crippen LogP) is 26.4. The highest BCUT2D eigenvalue weighted by Gasteiger charge is 2.23. The van der Waals surface area contributed by atoms with E-state index in [1.807, 2.05) is 91.0 Å². The van der Waals surface area contributed by atoms with E-state index < -0.39 is 0 Å². The van der Waals surface area contributed by atoms with Crippen LogP contribution in [0.25, 0.3) is 4.85 Å². The van der Waals surface area contributed by atoms with Crippen molar-refractivity contribution in [3.63, 3.8) is 0 Å². The molecule has 15 aromatic rings. The maximum absolute atomic E-state index is 9.58. The van der Waals surface area contributed by atoms with Crippen molar-refractivity contribution in [2.45, 2.75) is 0 Å². The molecule has 9 heteroatoms. The van der Waals surface area contributed by atoms with E-state index in [0.717, 1.165) is 119 Å². The number of nitrogens with zero attached hydrogens (tertiary/aromatic N) is 9. The molecule has 0 amide bonds. The van der Waals surface area contributed by atoms with Crippen molar-refractivity contribution < 1.29 is 0 Å². The maximum Gasteiger partial charge on any atom is 0.187 e. The third kappa shape index (κ3) is 13.7. The number of hydrogen-bond donors (Lipinski definition) is 0. The molecule has 480 valence electrons. The van der Waals surface area contributed by atoms with Gasteiger partial charge in [-0.1, -0.05) is 140 Å². The summed E-state index contributed by atoms with van der Waals surface area (Å²) in [6, 6.07) is 144. The molecule has 0 unspecified atom stereocenters. The van der Waals surface area contributed by atoms with Crippen LogP contribution in [-0.4, -0.2) is 0 Å². The Morgan fingerprint density at radius 2 is 0.287 bits per heavy atom. The lowest BCUT2D eigenvalue weighted by molar-refractivity contribution is 1.23. The number of benzene rings is 15. The summed E-state index contributed by atoms with van der Waals surface area (Å²) in [5.74, 6) is 0. The maximum atomic E-state index is 9.58. The molecule has 9 nitrogen and oxygen atoms in total. The Kier molecular flexibility index (Phi) is 18.4. The fraction of sp³-hybridized carbons (Fsp3) is 0. The van der Waals surface area contributed by atoms with E-state index in [9.17, 15) is 5.26 Å². The molecule has 15 aromatic carbocycles. The first kappa shape index (κ1) is 63.0. The predicted molar refractivity (Wildman–Crippen MR) is 420 cm³/mol. The van der Waals surface area contributed by atoms with Crippen LogP contribution in [0, 0.1) is 17.9 Å². The fourth-order valence-electron chi connectivity index (χ4n) is 13.0. The van der Waals surface area contributed by atoms with Crippen LogP contribution in [0.5, 0.6) is 0 Å². The Hall–Kier alpha value is -14.1. The quantitative estimate of drug-likeness (QED) is 0.0660. The van der Waals surface area contributed by atoms with Crippen LogP contribution in [0.15, 0.2) is 406 Å². The number of para-hydroxylation sites is 7. The molecule has 0 fully saturated rings. The number of anilines is 21. The van der Waals surface area contributed by atoms with E-state index in [4.69, 9.17) is 6.57 Å². The first-order valence-corrected chi connectivity index (χ1v) is 33.6. The molecule has 0 heterocycles. The molecular formula is C92H67N9. The van der Waals surface area contributed by atoms with Crippen molar-refractivity contribution >= 4 is 125 Å². The molecule has 0 atom stereocenters. The van der Waals surface area contributed by atoms with E-state index in [-0.39, 0.29) is 0 Å². The molecule has 0 radical (unpaired) electrons. The summed E-state index contributed by atoms with van der Waals surface area (Å²) in [6.07, 6.45) is 0. The first-order valence-electron chi connectivity index (χ1n) is 33.6. The van der Waals surface area contributed by atoms with E-state index in [1.165, 1.54) is 0 Å². The lowest BCUT2D eigenvalue weighted by Crippen LogP contribution is -2.14. The van der Waals surface area contributed by atoms with Gasteiger partial charge in [-0.05, 0) is 267 Å². The second-order valence-corrected chi connectivity index (χ2v) is 24.1. The van der Waals surface area contributed by atoms with Crippen molar-refractivity contribution in [3.05, 3.63) is 423 Å². The highest BCUT2D eigenvalue weighted by Crippen LogP contribution is 2.46. The average Bonchev–Trinajstić information content (AvgIpc) is 0.793. The van der Waals surface area contributed by atoms with Crippen molar-refractivity contribution in [1.82, 2.24) is 0 Å². The summed E-state index contributed by atoms with van der Waals surface area (Å²) < 4.78 is 0.